The number of rotatable bonds is 12. The molecule has 1 aromatic heterocycles. The fraction of sp³-hybridized carbons (Fsp3) is 0.522. The molecule has 0 saturated carbocycles. The van der Waals surface area contributed by atoms with Crippen LogP contribution in [0.3, 0.4) is 0 Å². The number of esters is 1. The third-order valence-corrected chi connectivity index (χ3v) is 4.63. The molecule has 0 fully saturated rings. The van der Waals surface area contributed by atoms with E-state index in [1.54, 1.807) is 12.1 Å². The number of hydrogen-bond donors (Lipinski definition) is 0. The van der Waals surface area contributed by atoms with Gasteiger partial charge in [-0.1, -0.05) is 64.5 Å². The molecule has 146 valence electrons. The summed E-state index contributed by atoms with van der Waals surface area (Å²) in [4.78, 5) is 21.0. The van der Waals surface area contributed by atoms with Gasteiger partial charge in [0.15, 0.2) is 5.82 Å². The van der Waals surface area contributed by atoms with Crippen molar-refractivity contribution in [1.82, 2.24) is 9.97 Å². The molecule has 4 heteroatoms. The molecule has 4 nitrogen and oxygen atoms in total. The summed E-state index contributed by atoms with van der Waals surface area (Å²) >= 11 is 0. The Hall–Kier alpha value is -2.23. The number of aromatic nitrogens is 2. The number of ether oxygens (including phenoxy) is 1. The summed E-state index contributed by atoms with van der Waals surface area (Å²) in [5, 5.41) is 0. The Morgan fingerprint density at radius 3 is 2.15 bits per heavy atom. The molecular formula is C23H32N2O2. The van der Waals surface area contributed by atoms with Gasteiger partial charge in [0.25, 0.3) is 0 Å². The number of carbonyl (C=O) groups is 1. The summed E-state index contributed by atoms with van der Waals surface area (Å²) in [6.07, 6.45) is 14.2. The summed E-state index contributed by atoms with van der Waals surface area (Å²) < 4.78 is 5.35. The van der Waals surface area contributed by atoms with Crippen LogP contribution < -0.4 is 0 Å². The van der Waals surface area contributed by atoms with Gasteiger partial charge in [-0.05, 0) is 37.0 Å². The van der Waals surface area contributed by atoms with Crippen LogP contribution in [0.5, 0.6) is 0 Å². The quantitative estimate of drug-likeness (QED) is 0.340. The van der Waals surface area contributed by atoms with Gasteiger partial charge < -0.3 is 4.74 Å². The van der Waals surface area contributed by atoms with E-state index in [1.807, 2.05) is 24.5 Å². The molecule has 2 rings (SSSR count). The van der Waals surface area contributed by atoms with E-state index in [9.17, 15) is 4.79 Å². The highest BCUT2D eigenvalue weighted by Gasteiger charge is 2.08. The van der Waals surface area contributed by atoms with Crippen molar-refractivity contribution in [3.8, 4) is 11.4 Å². The van der Waals surface area contributed by atoms with Crippen LogP contribution in [0, 0.1) is 0 Å². The van der Waals surface area contributed by atoms with Gasteiger partial charge in [-0.15, -0.1) is 0 Å². The molecule has 0 saturated heterocycles. The third kappa shape index (κ3) is 7.49. The predicted molar refractivity (Wildman–Crippen MR) is 110 cm³/mol. The third-order valence-electron chi connectivity index (χ3n) is 4.63. The minimum atomic E-state index is -0.260. The Balaban J connectivity index is 1.82. The van der Waals surface area contributed by atoms with Crippen molar-refractivity contribution in [2.75, 3.05) is 6.61 Å². The van der Waals surface area contributed by atoms with Gasteiger partial charge >= 0.3 is 5.97 Å². The van der Waals surface area contributed by atoms with E-state index in [-0.39, 0.29) is 5.97 Å². The number of aryl methyl sites for hydroxylation is 1. The van der Waals surface area contributed by atoms with E-state index in [0.717, 1.165) is 24.8 Å². The van der Waals surface area contributed by atoms with Crippen molar-refractivity contribution >= 4 is 5.97 Å². The Bertz CT molecular complexity index is 666. The first-order chi connectivity index (χ1) is 13.2. The molecule has 0 amide bonds. The lowest BCUT2D eigenvalue weighted by atomic mass is 10.1. The molecule has 0 aliphatic carbocycles. The van der Waals surface area contributed by atoms with Gasteiger partial charge in [0.05, 0.1) is 12.2 Å². The van der Waals surface area contributed by atoms with E-state index >= 15 is 0 Å². The van der Waals surface area contributed by atoms with Gasteiger partial charge in [-0.2, -0.15) is 0 Å². The highest BCUT2D eigenvalue weighted by Crippen LogP contribution is 2.17. The number of carbonyl (C=O) groups excluding carboxylic acids is 1. The van der Waals surface area contributed by atoms with Crippen LogP contribution >= 0.6 is 0 Å². The first kappa shape index (κ1) is 21.1. The predicted octanol–water partition coefficient (Wildman–Crippen LogP) is 6.00. The van der Waals surface area contributed by atoms with E-state index in [2.05, 4.69) is 23.8 Å². The Morgan fingerprint density at radius 2 is 1.48 bits per heavy atom. The van der Waals surface area contributed by atoms with Crippen molar-refractivity contribution in [2.45, 2.75) is 71.6 Å². The molecule has 0 N–H and O–H groups in total. The standard InChI is InChI=1S/C23H32N2O2/c1-3-5-7-8-10-16-27-23(26)21-14-12-20(13-15-21)22-24-17-19(18-25-22)11-9-6-4-2/h12-15,17-18H,3-11,16H2,1-2H3. The number of hydrogen-bond acceptors (Lipinski definition) is 4. The number of benzene rings is 1. The Labute approximate surface area is 163 Å². The zero-order valence-electron chi connectivity index (χ0n) is 16.7. The zero-order chi connectivity index (χ0) is 19.3. The van der Waals surface area contributed by atoms with Crippen LogP contribution in [0.25, 0.3) is 11.4 Å². The van der Waals surface area contributed by atoms with E-state index in [1.165, 1.54) is 44.1 Å². The molecular weight excluding hydrogens is 336 g/mol. The number of nitrogens with zero attached hydrogens (tertiary/aromatic N) is 2. The van der Waals surface area contributed by atoms with E-state index in [4.69, 9.17) is 4.74 Å². The fourth-order valence-corrected chi connectivity index (χ4v) is 2.92. The average molecular weight is 369 g/mol. The fourth-order valence-electron chi connectivity index (χ4n) is 2.92. The van der Waals surface area contributed by atoms with Crippen LogP contribution in [0.1, 0.15) is 81.1 Å². The molecule has 27 heavy (non-hydrogen) atoms. The maximum absolute atomic E-state index is 12.1. The van der Waals surface area contributed by atoms with Gasteiger partial charge in [0.2, 0.25) is 0 Å². The average Bonchev–Trinajstić information content (AvgIpc) is 2.71. The summed E-state index contributed by atoms with van der Waals surface area (Å²) in [6, 6.07) is 7.33. The minimum Gasteiger partial charge on any atom is -0.462 e. The monoisotopic (exact) mass is 368 g/mol. The maximum atomic E-state index is 12.1. The largest absolute Gasteiger partial charge is 0.462 e. The Kier molecular flexibility index (Phi) is 9.53. The van der Waals surface area contributed by atoms with Crippen LogP contribution in [0.4, 0.5) is 0 Å². The molecule has 0 bridgehead atoms. The summed E-state index contributed by atoms with van der Waals surface area (Å²) in [5.74, 6) is 0.425. The van der Waals surface area contributed by atoms with E-state index in [0.29, 0.717) is 18.0 Å². The normalized spacial score (nSPS) is 10.7. The second-order valence-corrected chi connectivity index (χ2v) is 7.00. The lowest BCUT2D eigenvalue weighted by Gasteiger charge is -2.06. The highest BCUT2D eigenvalue weighted by atomic mass is 16.5. The van der Waals surface area contributed by atoms with Gasteiger partial charge in [-0.3, -0.25) is 0 Å². The first-order valence-electron chi connectivity index (χ1n) is 10.3. The summed E-state index contributed by atoms with van der Waals surface area (Å²) in [6.45, 7) is 4.89. The molecule has 1 heterocycles. The molecule has 1 aromatic carbocycles. The summed E-state index contributed by atoms with van der Waals surface area (Å²) in [5.41, 5.74) is 2.65. The van der Waals surface area contributed by atoms with Crippen LogP contribution in [-0.2, 0) is 11.2 Å². The first-order valence-corrected chi connectivity index (χ1v) is 10.3. The molecule has 0 aliphatic heterocycles. The second kappa shape index (κ2) is 12.2. The van der Waals surface area contributed by atoms with Crippen LogP contribution in [0.15, 0.2) is 36.7 Å². The maximum Gasteiger partial charge on any atom is 0.338 e. The summed E-state index contributed by atoms with van der Waals surface area (Å²) in [7, 11) is 0. The van der Waals surface area contributed by atoms with Crippen LogP contribution in [-0.4, -0.2) is 22.5 Å². The minimum absolute atomic E-state index is 0.260. The van der Waals surface area contributed by atoms with Gasteiger partial charge in [0.1, 0.15) is 0 Å². The van der Waals surface area contributed by atoms with Crippen molar-refractivity contribution < 1.29 is 9.53 Å². The van der Waals surface area contributed by atoms with Crippen molar-refractivity contribution in [2.24, 2.45) is 0 Å². The lowest BCUT2D eigenvalue weighted by molar-refractivity contribution is 0.0497. The molecule has 2 aromatic rings. The molecule has 0 aliphatic rings. The second-order valence-electron chi connectivity index (χ2n) is 7.00. The highest BCUT2D eigenvalue weighted by molar-refractivity contribution is 5.89. The molecule has 0 spiro atoms. The van der Waals surface area contributed by atoms with Gasteiger partial charge in [0, 0.05) is 18.0 Å². The van der Waals surface area contributed by atoms with Gasteiger partial charge in [-0.25, -0.2) is 14.8 Å². The lowest BCUT2D eigenvalue weighted by Crippen LogP contribution is -2.06. The van der Waals surface area contributed by atoms with Crippen molar-refractivity contribution in [3.05, 3.63) is 47.8 Å². The molecule has 0 unspecified atom stereocenters. The topological polar surface area (TPSA) is 52.1 Å². The smallest absolute Gasteiger partial charge is 0.338 e. The van der Waals surface area contributed by atoms with Crippen molar-refractivity contribution in [3.63, 3.8) is 0 Å². The van der Waals surface area contributed by atoms with E-state index < -0.39 is 0 Å². The number of unbranched alkanes of at least 4 members (excludes halogenated alkanes) is 6. The Morgan fingerprint density at radius 1 is 0.852 bits per heavy atom. The van der Waals surface area contributed by atoms with Crippen molar-refractivity contribution in [1.29, 1.82) is 0 Å². The van der Waals surface area contributed by atoms with Crippen LogP contribution in [0.2, 0.25) is 0 Å². The zero-order valence-corrected chi connectivity index (χ0v) is 16.7. The molecule has 0 atom stereocenters. The SMILES string of the molecule is CCCCCCCOC(=O)c1ccc(-c2ncc(CCCCC)cn2)cc1. The molecule has 0 radical (unpaired) electrons.